The van der Waals surface area contributed by atoms with Gasteiger partial charge in [0.05, 0.1) is 11.3 Å². The molecule has 1 saturated heterocycles. The van der Waals surface area contributed by atoms with E-state index in [2.05, 4.69) is 26.3 Å². The highest BCUT2D eigenvalue weighted by atomic mass is 32.2. The van der Waals surface area contributed by atoms with Crippen LogP contribution in [0.1, 0.15) is 32.3 Å². The molecule has 196 valence electrons. The zero-order chi connectivity index (χ0) is 26.9. The van der Waals surface area contributed by atoms with Crippen LogP contribution < -0.4 is 21.5 Å². The number of nitrogens with zero attached hydrogens (tertiary/aromatic N) is 4. The minimum atomic E-state index is -0.611. The number of hydrogen-bond donors (Lipinski definition) is 4. The average molecular weight is 527 g/mol. The molecule has 0 bridgehead atoms. The van der Waals surface area contributed by atoms with E-state index in [0.717, 1.165) is 0 Å². The molecule has 1 fully saturated rings. The normalized spacial score (nSPS) is 14.7. The fraction of sp³-hybridized carbons (Fsp3) is 0.320. The number of hydrogen-bond acceptors (Lipinski definition) is 10. The van der Waals surface area contributed by atoms with Gasteiger partial charge >= 0.3 is 0 Å². The molecule has 0 unspecified atom stereocenters. The lowest BCUT2D eigenvalue weighted by molar-refractivity contribution is -0.127. The summed E-state index contributed by atoms with van der Waals surface area (Å²) < 4.78 is 24.5. The zero-order valence-corrected chi connectivity index (χ0v) is 21.6. The number of likely N-dealkylation sites (tertiary alicyclic amines) is 1. The first kappa shape index (κ1) is 27.7. The summed E-state index contributed by atoms with van der Waals surface area (Å²) in [6.45, 7) is 8.56. The molecule has 0 aliphatic carbocycles. The number of halogens is 1. The Hall–Kier alpha value is -3.93. The molecular weight excluding hydrogens is 495 g/mol. The van der Waals surface area contributed by atoms with Crippen LogP contribution >= 0.6 is 11.9 Å². The number of nitrogens with two attached hydrogens (primary N) is 2. The van der Waals surface area contributed by atoms with Crippen molar-refractivity contribution in [2.24, 2.45) is 16.0 Å². The summed E-state index contributed by atoms with van der Waals surface area (Å²) in [5.41, 5.74) is 12.6. The van der Waals surface area contributed by atoms with Gasteiger partial charge in [0.2, 0.25) is 5.91 Å². The number of ether oxygens (including phenoxy) is 1. The van der Waals surface area contributed by atoms with Crippen molar-refractivity contribution in [1.29, 1.82) is 5.41 Å². The number of nitrogen functional groups attached to an aromatic ring is 1. The number of piperidine rings is 1. The molecule has 1 aliphatic rings. The molecule has 0 spiro atoms. The summed E-state index contributed by atoms with van der Waals surface area (Å²) in [4.78, 5) is 21.8. The van der Waals surface area contributed by atoms with E-state index in [4.69, 9.17) is 21.6 Å². The van der Waals surface area contributed by atoms with Gasteiger partial charge in [0.25, 0.3) is 0 Å². The Bertz CT molecular complexity index is 1210. The number of carbonyl (C=O) groups excluding carboxylic acids is 1. The van der Waals surface area contributed by atoms with Gasteiger partial charge in [-0.1, -0.05) is 20.4 Å². The molecule has 10 nitrogen and oxygen atoms in total. The van der Waals surface area contributed by atoms with E-state index < -0.39 is 5.82 Å². The van der Waals surface area contributed by atoms with Gasteiger partial charge in [-0.3, -0.25) is 4.79 Å². The molecule has 0 saturated carbocycles. The third-order valence-electron chi connectivity index (χ3n) is 5.54. The summed E-state index contributed by atoms with van der Waals surface area (Å²) in [6.07, 6.45) is 6.71. The van der Waals surface area contributed by atoms with Crippen LogP contribution in [0.5, 0.6) is 5.75 Å². The number of benzene rings is 1. The fourth-order valence-corrected chi connectivity index (χ4v) is 4.07. The molecule has 0 atom stereocenters. The number of anilines is 3. The third kappa shape index (κ3) is 7.53. The van der Waals surface area contributed by atoms with Crippen molar-refractivity contribution < 1.29 is 13.9 Å². The summed E-state index contributed by atoms with van der Waals surface area (Å²) in [5, 5.41) is 12.0. The summed E-state index contributed by atoms with van der Waals surface area (Å²) in [5.74, 6) is -0.296. The third-order valence-corrected chi connectivity index (χ3v) is 6.20. The Kier molecular flexibility index (Phi) is 9.61. The van der Waals surface area contributed by atoms with E-state index in [1.807, 2.05) is 13.8 Å². The summed E-state index contributed by atoms with van der Waals surface area (Å²) in [7, 11) is 0. The molecule has 0 radical (unpaired) electrons. The highest BCUT2D eigenvalue weighted by Gasteiger charge is 2.28. The van der Waals surface area contributed by atoms with Crippen molar-refractivity contribution in [3.8, 4) is 5.75 Å². The van der Waals surface area contributed by atoms with Crippen LogP contribution in [-0.2, 0) is 4.79 Å². The SMILES string of the molecule is C=CC(=O)N1CCC(C(=N)c2c(N)ncnc2Nc2ccc(O/C(N)=C/C=N/SC(C)C)cc2F)CC1. The number of allylic oxidation sites excluding steroid dienone is 1. The van der Waals surface area contributed by atoms with E-state index >= 15 is 0 Å². The first-order valence-corrected chi connectivity index (χ1v) is 12.5. The predicted octanol–water partition coefficient (Wildman–Crippen LogP) is 4.04. The Balaban J connectivity index is 1.72. The fourth-order valence-electron chi connectivity index (χ4n) is 3.70. The van der Waals surface area contributed by atoms with Crippen LogP contribution in [0.3, 0.4) is 0 Å². The van der Waals surface area contributed by atoms with Crippen LogP contribution in [0.25, 0.3) is 0 Å². The maximum Gasteiger partial charge on any atom is 0.245 e. The number of carbonyl (C=O) groups is 1. The maximum atomic E-state index is 14.9. The van der Waals surface area contributed by atoms with E-state index in [1.165, 1.54) is 48.8 Å². The number of aromatic nitrogens is 2. The number of amides is 1. The lowest BCUT2D eigenvalue weighted by Gasteiger charge is -2.32. The largest absolute Gasteiger partial charge is 0.441 e. The van der Waals surface area contributed by atoms with Gasteiger partial charge in [-0.05, 0) is 43.0 Å². The second-order valence-electron chi connectivity index (χ2n) is 8.55. The van der Waals surface area contributed by atoms with Crippen LogP contribution in [0.4, 0.5) is 21.7 Å². The molecule has 1 amide bonds. The van der Waals surface area contributed by atoms with Crippen LogP contribution in [-0.4, -0.2) is 51.0 Å². The van der Waals surface area contributed by atoms with Crippen molar-refractivity contribution in [3.05, 3.63) is 60.5 Å². The van der Waals surface area contributed by atoms with E-state index in [0.29, 0.717) is 36.7 Å². The first-order chi connectivity index (χ1) is 17.7. The monoisotopic (exact) mass is 526 g/mol. The average Bonchev–Trinajstić information content (AvgIpc) is 2.87. The molecule has 6 N–H and O–H groups in total. The first-order valence-electron chi connectivity index (χ1n) is 11.7. The van der Waals surface area contributed by atoms with Crippen LogP contribution in [0.2, 0.25) is 0 Å². The van der Waals surface area contributed by atoms with Crippen LogP contribution in [0, 0.1) is 17.1 Å². The topological polar surface area (TPSA) is 156 Å². The Labute approximate surface area is 219 Å². The smallest absolute Gasteiger partial charge is 0.245 e. The van der Waals surface area contributed by atoms with Gasteiger partial charge in [0.1, 0.15) is 29.5 Å². The molecule has 12 heteroatoms. The van der Waals surface area contributed by atoms with Gasteiger partial charge in [0.15, 0.2) is 5.88 Å². The van der Waals surface area contributed by atoms with Crippen molar-refractivity contribution in [2.75, 3.05) is 24.1 Å². The van der Waals surface area contributed by atoms with E-state index in [9.17, 15) is 9.18 Å². The van der Waals surface area contributed by atoms with Gasteiger partial charge in [0, 0.05) is 48.3 Å². The lowest BCUT2D eigenvalue weighted by Crippen LogP contribution is -2.39. The summed E-state index contributed by atoms with van der Waals surface area (Å²) in [6, 6.07) is 4.21. The molecule has 1 aromatic heterocycles. The Morgan fingerprint density at radius 3 is 2.76 bits per heavy atom. The van der Waals surface area contributed by atoms with Gasteiger partial charge < -0.3 is 31.8 Å². The van der Waals surface area contributed by atoms with Crippen molar-refractivity contribution in [3.63, 3.8) is 0 Å². The molecule has 1 aliphatic heterocycles. The van der Waals surface area contributed by atoms with Gasteiger partial charge in [-0.15, -0.1) is 0 Å². The number of nitrogens with one attached hydrogen (secondary N) is 2. The second kappa shape index (κ2) is 12.9. The minimum absolute atomic E-state index is 0.0633. The molecule has 2 aromatic rings. The molecule has 3 rings (SSSR count). The molecular formula is C25H31FN8O2S. The van der Waals surface area contributed by atoms with Gasteiger partial charge in [-0.25, -0.2) is 18.8 Å². The zero-order valence-electron chi connectivity index (χ0n) is 20.8. The highest BCUT2D eigenvalue weighted by molar-refractivity contribution is 7.98. The van der Waals surface area contributed by atoms with Crippen molar-refractivity contribution >= 4 is 47.1 Å². The van der Waals surface area contributed by atoms with Crippen molar-refractivity contribution in [1.82, 2.24) is 14.9 Å². The maximum absolute atomic E-state index is 14.9. The van der Waals surface area contributed by atoms with Crippen LogP contribution in [0.15, 0.2) is 53.5 Å². The van der Waals surface area contributed by atoms with E-state index in [-0.39, 0.29) is 46.5 Å². The standard InChI is InChI=1S/C25H31FN8O2S/c1-4-21(35)34-11-8-16(9-12-34)23(28)22-24(29)30-14-31-25(22)33-19-6-5-17(13-18(19)26)36-20(27)7-10-32-37-15(2)3/h4-7,10,13-16,28H,1,8-9,11-12,27H2,2-3H3,(H3,29,30,31,33)/b20-7+,28-23?,32-10+. The second-order valence-corrected chi connectivity index (χ2v) is 9.91. The van der Waals surface area contributed by atoms with Gasteiger partial charge in [-0.2, -0.15) is 0 Å². The Morgan fingerprint density at radius 1 is 1.38 bits per heavy atom. The summed E-state index contributed by atoms with van der Waals surface area (Å²) >= 11 is 1.39. The molecule has 37 heavy (non-hydrogen) atoms. The molecule has 2 heterocycles. The number of rotatable bonds is 10. The van der Waals surface area contributed by atoms with Crippen molar-refractivity contribution in [2.45, 2.75) is 31.9 Å². The highest BCUT2D eigenvalue weighted by Crippen LogP contribution is 2.30. The minimum Gasteiger partial charge on any atom is -0.441 e. The lowest BCUT2D eigenvalue weighted by atomic mass is 9.88. The quantitative estimate of drug-likeness (QED) is 0.156. The predicted molar refractivity (Wildman–Crippen MR) is 147 cm³/mol. The molecule has 1 aromatic carbocycles. The van der Waals surface area contributed by atoms with E-state index in [1.54, 1.807) is 11.0 Å². The Morgan fingerprint density at radius 2 is 2.11 bits per heavy atom.